The molecule has 0 atom stereocenters. The van der Waals surface area contributed by atoms with Crippen LogP contribution in [0.1, 0.15) is 12.5 Å². The van der Waals surface area contributed by atoms with E-state index < -0.39 is 5.97 Å². The van der Waals surface area contributed by atoms with Crippen molar-refractivity contribution in [3.8, 4) is 0 Å². The molecule has 0 unspecified atom stereocenters. The van der Waals surface area contributed by atoms with Gasteiger partial charge in [-0.15, -0.1) is 0 Å². The number of hydrogen-bond donors (Lipinski definition) is 0. The lowest BCUT2D eigenvalue weighted by Gasteiger charge is -1.93. The molecule has 0 saturated carbocycles. The summed E-state index contributed by atoms with van der Waals surface area (Å²) in [6, 6.07) is 16.3. The van der Waals surface area contributed by atoms with E-state index in [0.29, 0.717) is 0 Å². The molecule has 0 saturated heterocycles. The lowest BCUT2D eigenvalue weighted by atomic mass is 10.2. The van der Waals surface area contributed by atoms with Gasteiger partial charge in [-0.3, -0.25) is 0 Å². The third-order valence-electron chi connectivity index (χ3n) is 2.33. The standard InChI is InChI=1S/C13H12N.C4H6O2/c1-3-7-13(8-4-1)9-12-14-10-5-2-6-11-14;1-3(2)4(5)6/h1-12H;1H2,2H3,(H,5,6)/q+1;/p-1/b12-9+;. The minimum Gasteiger partial charge on any atom is -0.545 e. The molecule has 0 radical (unpaired) electrons. The summed E-state index contributed by atoms with van der Waals surface area (Å²) in [4.78, 5) is 9.49. The summed E-state index contributed by atoms with van der Waals surface area (Å²) in [6.45, 7) is 4.48. The maximum absolute atomic E-state index is 9.49. The van der Waals surface area contributed by atoms with Crippen LogP contribution in [0.5, 0.6) is 0 Å². The number of carboxylic acids is 1. The SMILES string of the molecule is C(=C\[n+]1ccccc1)/c1ccccc1.C=C(C)C(=O)[O-]. The molecule has 0 N–H and O–H groups in total. The van der Waals surface area contributed by atoms with Gasteiger partial charge >= 0.3 is 0 Å². The van der Waals surface area contributed by atoms with Crippen molar-refractivity contribution in [1.82, 2.24) is 0 Å². The van der Waals surface area contributed by atoms with Gasteiger partial charge in [0.25, 0.3) is 0 Å². The number of nitrogens with zero attached hydrogens (tertiary/aromatic N) is 1. The predicted molar refractivity (Wildman–Crippen MR) is 78.1 cm³/mol. The highest BCUT2D eigenvalue weighted by Gasteiger charge is 1.89. The van der Waals surface area contributed by atoms with Gasteiger partial charge in [0.1, 0.15) is 0 Å². The first-order valence-electron chi connectivity index (χ1n) is 6.15. The molecule has 20 heavy (non-hydrogen) atoms. The van der Waals surface area contributed by atoms with E-state index >= 15 is 0 Å². The van der Waals surface area contributed by atoms with Crippen LogP contribution in [-0.2, 0) is 4.79 Å². The number of hydrogen-bond acceptors (Lipinski definition) is 2. The quantitative estimate of drug-likeness (QED) is 0.630. The zero-order chi connectivity index (χ0) is 14.8. The highest BCUT2D eigenvalue weighted by Crippen LogP contribution is 1.99. The van der Waals surface area contributed by atoms with Crippen LogP contribution >= 0.6 is 0 Å². The average molecular weight is 267 g/mol. The van der Waals surface area contributed by atoms with Crippen LogP contribution in [-0.4, -0.2) is 5.97 Å². The van der Waals surface area contributed by atoms with E-state index in [2.05, 4.69) is 24.8 Å². The molecule has 1 aromatic heterocycles. The van der Waals surface area contributed by atoms with Crippen LogP contribution in [0.2, 0.25) is 0 Å². The highest BCUT2D eigenvalue weighted by molar-refractivity contribution is 5.82. The van der Waals surface area contributed by atoms with E-state index in [4.69, 9.17) is 0 Å². The predicted octanol–water partition coefficient (Wildman–Crippen LogP) is 1.91. The van der Waals surface area contributed by atoms with Crippen LogP contribution in [0.25, 0.3) is 12.3 Å². The fourth-order valence-corrected chi connectivity index (χ4v) is 1.25. The number of rotatable bonds is 3. The molecular formula is C17H17NO2. The molecule has 3 nitrogen and oxygen atoms in total. The first-order valence-corrected chi connectivity index (χ1v) is 6.15. The maximum Gasteiger partial charge on any atom is 0.175 e. The Labute approximate surface area is 119 Å². The summed E-state index contributed by atoms with van der Waals surface area (Å²) >= 11 is 0. The van der Waals surface area contributed by atoms with Gasteiger partial charge in [0, 0.05) is 18.2 Å². The van der Waals surface area contributed by atoms with E-state index in [1.807, 2.05) is 59.6 Å². The number of aliphatic carboxylic acids is 1. The molecule has 0 aliphatic heterocycles. The van der Waals surface area contributed by atoms with Gasteiger partial charge in [-0.1, -0.05) is 43.0 Å². The summed E-state index contributed by atoms with van der Waals surface area (Å²) in [5.74, 6) is -1.19. The number of carboxylic acid groups (broad SMARTS) is 1. The fraction of sp³-hybridized carbons (Fsp3) is 0.0588. The largest absolute Gasteiger partial charge is 0.545 e. The summed E-state index contributed by atoms with van der Waals surface area (Å²) < 4.78 is 2.02. The van der Waals surface area contributed by atoms with Crippen LogP contribution < -0.4 is 9.67 Å². The molecule has 0 amide bonds. The first kappa shape index (κ1) is 15.4. The molecule has 0 aliphatic rings. The van der Waals surface area contributed by atoms with E-state index in [0.717, 1.165) is 0 Å². The first-order chi connectivity index (χ1) is 9.59. The molecular weight excluding hydrogens is 250 g/mol. The van der Waals surface area contributed by atoms with Crippen molar-refractivity contribution >= 4 is 18.2 Å². The zero-order valence-electron chi connectivity index (χ0n) is 11.4. The van der Waals surface area contributed by atoms with Crippen LogP contribution in [0, 0.1) is 0 Å². The van der Waals surface area contributed by atoms with Crippen molar-refractivity contribution in [2.24, 2.45) is 0 Å². The van der Waals surface area contributed by atoms with Crippen molar-refractivity contribution in [2.45, 2.75) is 6.92 Å². The Hall–Kier alpha value is -2.68. The van der Waals surface area contributed by atoms with E-state index in [1.165, 1.54) is 12.5 Å². The third-order valence-corrected chi connectivity index (χ3v) is 2.33. The summed E-state index contributed by atoms with van der Waals surface area (Å²) in [7, 11) is 0. The molecule has 2 rings (SSSR count). The van der Waals surface area contributed by atoms with Crippen molar-refractivity contribution < 1.29 is 14.5 Å². The Balaban J connectivity index is 0.000000286. The maximum atomic E-state index is 9.49. The number of pyridine rings is 1. The van der Waals surface area contributed by atoms with Gasteiger partial charge in [-0.05, 0) is 18.1 Å². The lowest BCUT2D eigenvalue weighted by molar-refractivity contribution is -0.567. The number of benzene rings is 1. The topological polar surface area (TPSA) is 44.0 Å². The monoisotopic (exact) mass is 267 g/mol. The summed E-state index contributed by atoms with van der Waals surface area (Å²) in [5.41, 5.74) is 1.28. The summed E-state index contributed by atoms with van der Waals surface area (Å²) in [6.07, 6.45) is 8.15. The van der Waals surface area contributed by atoms with Crippen molar-refractivity contribution in [3.63, 3.8) is 0 Å². The number of aromatic nitrogens is 1. The Morgan fingerprint density at radius 3 is 2.10 bits per heavy atom. The smallest absolute Gasteiger partial charge is 0.175 e. The molecule has 0 aliphatic carbocycles. The molecule has 1 aromatic carbocycles. The van der Waals surface area contributed by atoms with Crippen LogP contribution in [0.3, 0.4) is 0 Å². The Morgan fingerprint density at radius 1 is 1.10 bits per heavy atom. The van der Waals surface area contributed by atoms with Gasteiger partial charge in [0.05, 0.1) is 5.97 Å². The van der Waals surface area contributed by atoms with Crippen LogP contribution in [0.4, 0.5) is 0 Å². The Bertz CT molecular complexity index is 521. The van der Waals surface area contributed by atoms with Gasteiger partial charge in [-0.25, -0.2) is 0 Å². The zero-order valence-corrected chi connectivity index (χ0v) is 11.4. The van der Waals surface area contributed by atoms with Gasteiger partial charge in [0.15, 0.2) is 18.6 Å². The molecule has 102 valence electrons. The minimum absolute atomic E-state index is 0.0648. The van der Waals surface area contributed by atoms with Crippen molar-refractivity contribution in [2.75, 3.05) is 0 Å². The van der Waals surface area contributed by atoms with Gasteiger partial charge in [-0.2, -0.15) is 4.57 Å². The van der Waals surface area contributed by atoms with Gasteiger partial charge < -0.3 is 9.90 Å². The molecule has 0 bridgehead atoms. The lowest BCUT2D eigenvalue weighted by Crippen LogP contribution is -2.23. The van der Waals surface area contributed by atoms with E-state index in [9.17, 15) is 9.90 Å². The Morgan fingerprint density at radius 2 is 1.60 bits per heavy atom. The highest BCUT2D eigenvalue weighted by atomic mass is 16.4. The molecule has 1 heterocycles. The van der Waals surface area contributed by atoms with E-state index in [-0.39, 0.29) is 5.57 Å². The molecule has 2 aromatic rings. The average Bonchev–Trinajstić information content (AvgIpc) is 2.48. The van der Waals surface area contributed by atoms with Crippen molar-refractivity contribution in [3.05, 3.63) is 78.6 Å². The van der Waals surface area contributed by atoms with E-state index in [1.54, 1.807) is 0 Å². The minimum atomic E-state index is -1.19. The Kier molecular flexibility index (Phi) is 6.48. The number of carbonyl (C=O) groups excluding carboxylic acids is 1. The second-order valence-electron chi connectivity index (χ2n) is 4.12. The molecule has 0 fully saturated rings. The van der Waals surface area contributed by atoms with Gasteiger partial charge in [0.2, 0.25) is 0 Å². The van der Waals surface area contributed by atoms with Crippen LogP contribution in [0.15, 0.2) is 73.1 Å². The number of carbonyl (C=O) groups is 1. The second-order valence-corrected chi connectivity index (χ2v) is 4.12. The third kappa shape index (κ3) is 6.31. The summed E-state index contributed by atoms with van der Waals surface area (Å²) in [5, 5.41) is 9.49. The second kappa shape index (κ2) is 8.43. The molecule has 0 spiro atoms. The van der Waals surface area contributed by atoms with Crippen molar-refractivity contribution in [1.29, 1.82) is 0 Å². The molecule has 3 heteroatoms. The fourth-order valence-electron chi connectivity index (χ4n) is 1.25. The normalized spacial score (nSPS) is 9.65.